The van der Waals surface area contributed by atoms with E-state index in [-0.39, 0.29) is 10.7 Å². The number of nitrogen functional groups attached to an aromatic ring is 1. The van der Waals surface area contributed by atoms with Gasteiger partial charge in [0.25, 0.3) is 10.0 Å². The van der Waals surface area contributed by atoms with E-state index in [0.717, 1.165) is 18.4 Å². The van der Waals surface area contributed by atoms with Crippen LogP contribution in [0.3, 0.4) is 0 Å². The predicted molar refractivity (Wildman–Crippen MR) is 83.6 cm³/mol. The summed E-state index contributed by atoms with van der Waals surface area (Å²) in [5.41, 5.74) is 7.78. The molecular formula is C14H20N4O2S. The Morgan fingerprint density at radius 1 is 1.33 bits per heavy atom. The van der Waals surface area contributed by atoms with E-state index in [1.165, 1.54) is 4.68 Å². The Bertz CT molecular complexity index is 750. The molecule has 1 aromatic carbocycles. The van der Waals surface area contributed by atoms with E-state index in [9.17, 15) is 8.42 Å². The number of nitrogens with two attached hydrogens (primary N) is 1. The summed E-state index contributed by atoms with van der Waals surface area (Å²) in [6.45, 7) is 3.73. The monoisotopic (exact) mass is 308 g/mol. The van der Waals surface area contributed by atoms with Crippen molar-refractivity contribution in [1.29, 1.82) is 0 Å². The molecule has 0 spiro atoms. The van der Waals surface area contributed by atoms with Crippen LogP contribution in [0, 0.1) is 6.92 Å². The van der Waals surface area contributed by atoms with Crippen LogP contribution in [-0.2, 0) is 23.5 Å². The van der Waals surface area contributed by atoms with Crippen LogP contribution in [0.25, 0.3) is 0 Å². The molecule has 0 saturated heterocycles. The van der Waals surface area contributed by atoms with Gasteiger partial charge < -0.3 is 5.73 Å². The van der Waals surface area contributed by atoms with Gasteiger partial charge in [-0.2, -0.15) is 5.10 Å². The van der Waals surface area contributed by atoms with Crippen molar-refractivity contribution in [2.45, 2.75) is 31.6 Å². The van der Waals surface area contributed by atoms with E-state index in [2.05, 4.69) is 16.7 Å². The largest absolute Gasteiger partial charge is 0.381 e. The fraction of sp³-hybridized carbons (Fsp3) is 0.357. The molecule has 6 nitrogen and oxygen atoms in total. The van der Waals surface area contributed by atoms with Crippen molar-refractivity contribution < 1.29 is 8.42 Å². The first-order valence-corrected chi connectivity index (χ1v) is 8.25. The number of aromatic nitrogens is 2. The Balaban J connectivity index is 2.43. The zero-order valence-corrected chi connectivity index (χ0v) is 13.2. The molecule has 0 amide bonds. The van der Waals surface area contributed by atoms with Gasteiger partial charge in [-0.1, -0.05) is 31.5 Å². The van der Waals surface area contributed by atoms with Crippen molar-refractivity contribution in [3.05, 3.63) is 35.5 Å². The Morgan fingerprint density at radius 2 is 2.00 bits per heavy atom. The molecule has 0 aliphatic heterocycles. The van der Waals surface area contributed by atoms with Gasteiger partial charge in [-0.3, -0.25) is 9.40 Å². The van der Waals surface area contributed by atoms with E-state index in [1.807, 2.05) is 12.1 Å². The second-order valence-electron chi connectivity index (χ2n) is 4.94. The van der Waals surface area contributed by atoms with Crippen molar-refractivity contribution in [2.24, 2.45) is 7.05 Å². The fourth-order valence-corrected chi connectivity index (χ4v) is 3.68. The molecule has 0 saturated carbocycles. The van der Waals surface area contributed by atoms with Crippen LogP contribution in [0.5, 0.6) is 0 Å². The van der Waals surface area contributed by atoms with Gasteiger partial charge in [0.1, 0.15) is 0 Å². The molecule has 0 aliphatic carbocycles. The molecule has 0 fully saturated rings. The molecule has 7 heteroatoms. The molecule has 2 aromatic rings. The average molecular weight is 308 g/mol. The lowest BCUT2D eigenvalue weighted by Gasteiger charge is -2.12. The molecule has 2 rings (SSSR count). The van der Waals surface area contributed by atoms with Gasteiger partial charge in [-0.05, 0) is 25.0 Å². The minimum atomic E-state index is -3.75. The molecule has 0 unspecified atom stereocenters. The first kappa shape index (κ1) is 15.4. The second kappa shape index (κ2) is 5.77. The van der Waals surface area contributed by atoms with Crippen molar-refractivity contribution in [3.63, 3.8) is 0 Å². The quantitative estimate of drug-likeness (QED) is 0.884. The Morgan fingerprint density at radius 3 is 2.57 bits per heavy atom. The zero-order chi connectivity index (χ0) is 15.6. The van der Waals surface area contributed by atoms with Crippen molar-refractivity contribution >= 4 is 21.5 Å². The van der Waals surface area contributed by atoms with Crippen LogP contribution in [0.1, 0.15) is 24.6 Å². The number of nitrogens with zero attached hydrogens (tertiary/aromatic N) is 2. The summed E-state index contributed by atoms with van der Waals surface area (Å²) in [5.74, 6) is 0.00970. The van der Waals surface area contributed by atoms with Crippen molar-refractivity contribution in [2.75, 3.05) is 10.5 Å². The highest BCUT2D eigenvalue weighted by molar-refractivity contribution is 7.93. The number of para-hydroxylation sites is 1. The lowest BCUT2D eigenvalue weighted by molar-refractivity contribution is 0.600. The fourth-order valence-electron chi connectivity index (χ4n) is 2.25. The van der Waals surface area contributed by atoms with Gasteiger partial charge in [0.2, 0.25) is 0 Å². The standard InChI is InChI=1S/C14H20N4O2S/c1-4-7-11-8-5-6-9-12(11)17-21(19,20)13-10(2)18(3)16-14(13)15/h5-6,8-9,17H,4,7H2,1-3H3,(H2,15,16). The summed E-state index contributed by atoms with van der Waals surface area (Å²) in [5, 5.41) is 3.95. The van der Waals surface area contributed by atoms with Gasteiger partial charge in [-0.15, -0.1) is 0 Å². The highest BCUT2D eigenvalue weighted by Crippen LogP contribution is 2.26. The summed E-state index contributed by atoms with van der Waals surface area (Å²) in [7, 11) is -2.09. The van der Waals surface area contributed by atoms with Crippen LogP contribution in [-0.4, -0.2) is 18.2 Å². The number of anilines is 2. The minimum absolute atomic E-state index is 0.00970. The average Bonchev–Trinajstić information content (AvgIpc) is 2.66. The Labute approximate surface area is 125 Å². The molecule has 1 aromatic heterocycles. The van der Waals surface area contributed by atoms with Crippen LogP contribution in [0.4, 0.5) is 11.5 Å². The molecule has 1 heterocycles. The summed E-state index contributed by atoms with van der Waals surface area (Å²) < 4.78 is 29.2. The number of nitrogens with one attached hydrogen (secondary N) is 1. The van der Waals surface area contributed by atoms with Crippen LogP contribution in [0.15, 0.2) is 29.2 Å². The summed E-state index contributed by atoms with van der Waals surface area (Å²) >= 11 is 0. The van der Waals surface area contributed by atoms with E-state index >= 15 is 0 Å². The van der Waals surface area contributed by atoms with Crippen LogP contribution < -0.4 is 10.5 Å². The summed E-state index contributed by atoms with van der Waals surface area (Å²) in [6, 6.07) is 7.37. The lowest BCUT2D eigenvalue weighted by atomic mass is 10.1. The topological polar surface area (TPSA) is 90.0 Å². The molecule has 21 heavy (non-hydrogen) atoms. The summed E-state index contributed by atoms with van der Waals surface area (Å²) in [6.07, 6.45) is 1.74. The number of sulfonamides is 1. The highest BCUT2D eigenvalue weighted by atomic mass is 32.2. The normalized spacial score (nSPS) is 11.6. The van der Waals surface area contributed by atoms with Gasteiger partial charge in [0.15, 0.2) is 10.7 Å². The molecule has 3 N–H and O–H groups in total. The van der Waals surface area contributed by atoms with Crippen LogP contribution >= 0.6 is 0 Å². The third kappa shape index (κ3) is 3.02. The van der Waals surface area contributed by atoms with E-state index in [1.54, 1.807) is 26.1 Å². The van der Waals surface area contributed by atoms with Gasteiger partial charge >= 0.3 is 0 Å². The van der Waals surface area contributed by atoms with E-state index in [0.29, 0.717) is 11.4 Å². The van der Waals surface area contributed by atoms with Gasteiger partial charge in [0, 0.05) is 7.05 Å². The maximum atomic E-state index is 12.6. The number of hydrogen-bond acceptors (Lipinski definition) is 4. The molecule has 0 atom stereocenters. The van der Waals surface area contributed by atoms with E-state index < -0.39 is 10.0 Å². The first-order chi connectivity index (χ1) is 9.86. The van der Waals surface area contributed by atoms with E-state index in [4.69, 9.17) is 5.73 Å². The maximum Gasteiger partial charge on any atom is 0.267 e. The maximum absolute atomic E-state index is 12.6. The molecule has 0 radical (unpaired) electrons. The number of benzene rings is 1. The van der Waals surface area contributed by atoms with Crippen LogP contribution in [0.2, 0.25) is 0 Å². The van der Waals surface area contributed by atoms with Gasteiger partial charge in [0.05, 0.1) is 11.4 Å². The molecule has 0 bridgehead atoms. The Kier molecular flexibility index (Phi) is 4.22. The van der Waals surface area contributed by atoms with Crippen molar-refractivity contribution in [1.82, 2.24) is 9.78 Å². The zero-order valence-electron chi connectivity index (χ0n) is 12.4. The SMILES string of the molecule is CCCc1ccccc1NS(=O)(=O)c1c(N)nn(C)c1C. The van der Waals surface area contributed by atoms with Gasteiger partial charge in [-0.25, -0.2) is 8.42 Å². The number of rotatable bonds is 5. The molecule has 0 aliphatic rings. The third-order valence-corrected chi connectivity index (χ3v) is 4.88. The third-order valence-electron chi connectivity index (χ3n) is 3.35. The number of hydrogen-bond donors (Lipinski definition) is 2. The summed E-state index contributed by atoms with van der Waals surface area (Å²) in [4.78, 5) is 0.0382. The number of aryl methyl sites for hydroxylation is 2. The minimum Gasteiger partial charge on any atom is -0.381 e. The predicted octanol–water partition coefficient (Wildman–Crippen LogP) is 2.06. The highest BCUT2D eigenvalue weighted by Gasteiger charge is 2.25. The molecule has 114 valence electrons. The lowest BCUT2D eigenvalue weighted by Crippen LogP contribution is -2.16. The molecular weight excluding hydrogens is 288 g/mol. The van der Waals surface area contributed by atoms with Crippen molar-refractivity contribution in [3.8, 4) is 0 Å². The Hall–Kier alpha value is -2.02. The second-order valence-corrected chi connectivity index (χ2v) is 6.56. The smallest absolute Gasteiger partial charge is 0.267 e. The first-order valence-electron chi connectivity index (χ1n) is 6.76.